The minimum atomic E-state index is -0.701. The molecule has 0 fully saturated rings. The Balaban J connectivity index is 2.09. The number of nitrogens with zero attached hydrogens (tertiary/aromatic N) is 3. The highest BCUT2D eigenvalue weighted by Crippen LogP contribution is 2.34. The minimum absolute atomic E-state index is 0.0924. The Hall–Kier alpha value is -2.65. The number of halogens is 2. The van der Waals surface area contributed by atoms with Crippen LogP contribution in [0, 0.1) is 5.82 Å². The first-order valence-electron chi connectivity index (χ1n) is 9.85. The highest BCUT2D eigenvalue weighted by Gasteiger charge is 2.36. The number of carbonyl (C=O) groups is 2. The summed E-state index contributed by atoms with van der Waals surface area (Å²) >= 11 is 5.93. The molecule has 0 saturated carbocycles. The van der Waals surface area contributed by atoms with Crippen LogP contribution in [0.2, 0.25) is 5.02 Å². The predicted molar refractivity (Wildman–Crippen MR) is 113 cm³/mol. The monoisotopic (exact) mass is 452 g/mol. The molecule has 0 saturated heterocycles. The zero-order valence-corrected chi connectivity index (χ0v) is 18.7. The summed E-state index contributed by atoms with van der Waals surface area (Å²) in [4.78, 5) is 26.7. The van der Waals surface area contributed by atoms with Crippen molar-refractivity contribution in [3.05, 3.63) is 40.3 Å². The lowest BCUT2D eigenvalue weighted by molar-refractivity contribution is 0.0141. The molecule has 2 N–H and O–H groups in total. The van der Waals surface area contributed by atoms with E-state index in [1.54, 1.807) is 32.6 Å². The van der Waals surface area contributed by atoms with E-state index in [-0.39, 0.29) is 28.9 Å². The largest absolute Gasteiger partial charge is 0.444 e. The number of amides is 2. The zero-order valence-electron chi connectivity index (χ0n) is 17.9. The van der Waals surface area contributed by atoms with Crippen LogP contribution in [0.15, 0.2) is 18.2 Å². The molecular weight excluding hydrogens is 427 g/mol. The molecule has 0 spiro atoms. The molecular formula is C21H26ClFN4O4. The number of hydrogen-bond donors (Lipinski definition) is 1. The molecule has 0 bridgehead atoms. The van der Waals surface area contributed by atoms with Gasteiger partial charge in [-0.05, 0) is 45.4 Å². The Kier molecular flexibility index (Phi) is 6.56. The molecule has 168 valence electrons. The third-order valence-electron chi connectivity index (χ3n) is 4.87. The van der Waals surface area contributed by atoms with Crippen LogP contribution < -0.4 is 5.73 Å². The van der Waals surface area contributed by atoms with Crippen LogP contribution in [-0.2, 0) is 16.0 Å². The van der Waals surface area contributed by atoms with Crippen molar-refractivity contribution in [1.29, 1.82) is 0 Å². The Morgan fingerprint density at radius 3 is 2.65 bits per heavy atom. The molecule has 8 nitrogen and oxygen atoms in total. The van der Waals surface area contributed by atoms with Gasteiger partial charge in [0, 0.05) is 25.8 Å². The lowest BCUT2D eigenvalue weighted by atomic mass is 10.0. The van der Waals surface area contributed by atoms with E-state index in [1.165, 1.54) is 23.1 Å². The number of methoxy groups -OCH3 is 1. The molecule has 31 heavy (non-hydrogen) atoms. The Bertz CT molecular complexity index is 1000. The molecule has 1 aromatic carbocycles. The second kappa shape index (κ2) is 8.84. The van der Waals surface area contributed by atoms with Gasteiger partial charge >= 0.3 is 6.09 Å². The summed E-state index contributed by atoms with van der Waals surface area (Å²) in [6.45, 7) is 6.20. The highest BCUT2D eigenvalue weighted by molar-refractivity contribution is 6.31. The zero-order chi connectivity index (χ0) is 22.9. The smallest absolute Gasteiger partial charge is 0.410 e. The molecule has 3 rings (SSSR count). The summed E-state index contributed by atoms with van der Waals surface area (Å²) in [5.74, 6) is -1.28. The highest BCUT2D eigenvalue weighted by atomic mass is 35.5. The molecule has 1 aliphatic heterocycles. The predicted octanol–water partition coefficient (Wildman–Crippen LogP) is 3.77. The van der Waals surface area contributed by atoms with Gasteiger partial charge in [-0.2, -0.15) is 5.10 Å². The Morgan fingerprint density at radius 1 is 1.35 bits per heavy atom. The van der Waals surface area contributed by atoms with Crippen LogP contribution in [-0.4, -0.2) is 52.5 Å². The van der Waals surface area contributed by atoms with E-state index in [9.17, 15) is 14.0 Å². The van der Waals surface area contributed by atoms with Crippen LogP contribution in [0.3, 0.4) is 0 Å². The Morgan fingerprint density at radius 2 is 2.06 bits per heavy atom. The number of ether oxygens (including phenoxy) is 2. The number of nitrogens with two attached hydrogens (primary N) is 1. The fourth-order valence-corrected chi connectivity index (χ4v) is 3.72. The normalized spacial score (nSPS) is 16.2. The first-order chi connectivity index (χ1) is 14.5. The quantitative estimate of drug-likeness (QED) is 0.744. The first-order valence-corrected chi connectivity index (χ1v) is 10.2. The third-order valence-corrected chi connectivity index (χ3v) is 5.16. The van der Waals surface area contributed by atoms with Crippen LogP contribution in [0.25, 0.3) is 11.3 Å². The minimum Gasteiger partial charge on any atom is -0.444 e. The van der Waals surface area contributed by atoms with Crippen LogP contribution in [0.1, 0.15) is 49.3 Å². The van der Waals surface area contributed by atoms with Crippen molar-refractivity contribution in [2.75, 3.05) is 20.3 Å². The molecule has 2 amide bonds. The van der Waals surface area contributed by atoms with Crippen LogP contribution in [0.5, 0.6) is 0 Å². The number of benzene rings is 1. The van der Waals surface area contributed by atoms with Gasteiger partial charge in [0.25, 0.3) is 5.91 Å². The van der Waals surface area contributed by atoms with E-state index >= 15 is 0 Å². The van der Waals surface area contributed by atoms with Gasteiger partial charge in [0.15, 0.2) is 0 Å². The number of aromatic nitrogens is 2. The van der Waals surface area contributed by atoms with Crippen molar-refractivity contribution in [3.63, 3.8) is 0 Å². The SMILES string of the molecule is COCCC1CN(C(=O)OC(C)(C)C)Cc2c(C(N)=O)c(-c3ccc(F)c(Cl)c3)nn21. The van der Waals surface area contributed by atoms with Crippen LogP contribution >= 0.6 is 11.6 Å². The molecule has 1 aliphatic rings. The maximum atomic E-state index is 13.7. The van der Waals surface area contributed by atoms with Gasteiger partial charge in [-0.25, -0.2) is 9.18 Å². The van der Waals surface area contributed by atoms with Crippen molar-refractivity contribution in [2.45, 2.75) is 45.4 Å². The fraction of sp³-hybridized carbons (Fsp3) is 0.476. The number of carbonyl (C=O) groups excluding carboxylic acids is 2. The summed E-state index contributed by atoms with van der Waals surface area (Å²) in [6, 6.07) is 3.82. The number of rotatable bonds is 5. The van der Waals surface area contributed by atoms with E-state index < -0.39 is 23.4 Å². The van der Waals surface area contributed by atoms with Gasteiger partial charge < -0.3 is 20.1 Å². The lowest BCUT2D eigenvalue weighted by Crippen LogP contribution is -2.44. The molecule has 1 aromatic heterocycles. The second-order valence-electron chi connectivity index (χ2n) is 8.40. The average molecular weight is 453 g/mol. The maximum absolute atomic E-state index is 13.7. The van der Waals surface area contributed by atoms with Gasteiger partial charge in [0.05, 0.1) is 28.9 Å². The van der Waals surface area contributed by atoms with E-state index in [0.717, 1.165) is 0 Å². The molecule has 1 unspecified atom stereocenters. The summed E-state index contributed by atoms with van der Waals surface area (Å²) in [5, 5.41) is 4.52. The van der Waals surface area contributed by atoms with Crippen molar-refractivity contribution in [2.24, 2.45) is 5.73 Å². The van der Waals surface area contributed by atoms with Gasteiger partial charge in [-0.15, -0.1) is 0 Å². The first kappa shape index (κ1) is 23.0. The fourth-order valence-electron chi connectivity index (χ4n) is 3.54. The number of hydrogen-bond acceptors (Lipinski definition) is 5. The molecule has 2 aromatic rings. The molecule has 10 heteroatoms. The molecule has 0 aliphatic carbocycles. The standard InChI is InChI=1S/C21H26ClFN4O4/c1-21(2,3)31-20(29)26-10-13(7-8-30-4)27-16(11-26)17(19(24)28)18(25-27)12-5-6-15(23)14(22)9-12/h5-6,9,13H,7-8,10-11H2,1-4H3,(H2,24,28). The van der Waals surface area contributed by atoms with Crippen molar-refractivity contribution < 1.29 is 23.5 Å². The maximum Gasteiger partial charge on any atom is 0.410 e. The number of fused-ring (bicyclic) bond motifs is 1. The van der Waals surface area contributed by atoms with Gasteiger partial charge in [-0.3, -0.25) is 9.48 Å². The van der Waals surface area contributed by atoms with E-state index in [2.05, 4.69) is 5.10 Å². The average Bonchev–Trinajstić information content (AvgIpc) is 3.06. The van der Waals surface area contributed by atoms with E-state index in [0.29, 0.717) is 30.8 Å². The summed E-state index contributed by atoms with van der Waals surface area (Å²) in [5.41, 5.74) is 6.43. The summed E-state index contributed by atoms with van der Waals surface area (Å²) in [7, 11) is 1.58. The molecule has 2 heterocycles. The summed E-state index contributed by atoms with van der Waals surface area (Å²) in [6.07, 6.45) is 0.0518. The number of primary amides is 1. The van der Waals surface area contributed by atoms with Crippen molar-refractivity contribution >= 4 is 23.6 Å². The third kappa shape index (κ3) is 4.99. The Labute approximate surface area is 185 Å². The molecule has 0 radical (unpaired) electrons. The topological polar surface area (TPSA) is 99.7 Å². The molecule has 1 atom stereocenters. The second-order valence-corrected chi connectivity index (χ2v) is 8.81. The van der Waals surface area contributed by atoms with Gasteiger partial charge in [0.1, 0.15) is 17.1 Å². The van der Waals surface area contributed by atoms with Crippen molar-refractivity contribution in [1.82, 2.24) is 14.7 Å². The van der Waals surface area contributed by atoms with Gasteiger partial charge in [0.2, 0.25) is 0 Å². The van der Waals surface area contributed by atoms with Crippen LogP contribution in [0.4, 0.5) is 9.18 Å². The lowest BCUT2D eigenvalue weighted by Gasteiger charge is -2.35. The summed E-state index contributed by atoms with van der Waals surface area (Å²) < 4.78 is 26.1. The van der Waals surface area contributed by atoms with Gasteiger partial charge in [-0.1, -0.05) is 11.6 Å². The van der Waals surface area contributed by atoms with E-state index in [4.69, 9.17) is 26.8 Å². The van der Waals surface area contributed by atoms with Crippen molar-refractivity contribution in [3.8, 4) is 11.3 Å². The van der Waals surface area contributed by atoms with E-state index in [1.807, 2.05) is 0 Å².